The lowest BCUT2D eigenvalue weighted by Crippen LogP contribution is -2.37. The Morgan fingerprint density at radius 1 is 0.848 bits per heavy atom. The molecule has 3 aromatic carbocycles. The molecule has 0 aliphatic carbocycles. The number of carbonyl (C=O) groups is 1. The van der Waals surface area contributed by atoms with Crippen LogP contribution in [-0.2, 0) is 6.54 Å². The molecule has 5 aromatic rings. The lowest BCUT2D eigenvalue weighted by atomic mass is 9.94. The van der Waals surface area contributed by atoms with E-state index in [0.717, 1.165) is 23.2 Å². The predicted molar refractivity (Wildman–Crippen MR) is 130 cm³/mol. The Balaban J connectivity index is 1.50. The van der Waals surface area contributed by atoms with Gasteiger partial charge in [-0.25, -0.2) is 9.98 Å². The lowest BCUT2D eigenvalue weighted by molar-refractivity contribution is 0.0831. The smallest absolute Gasteiger partial charge is 0.261 e. The number of amides is 1. The van der Waals surface area contributed by atoms with Crippen molar-refractivity contribution in [3.05, 3.63) is 107 Å². The van der Waals surface area contributed by atoms with Crippen molar-refractivity contribution in [1.82, 2.24) is 14.5 Å². The Morgan fingerprint density at radius 3 is 2.52 bits per heavy atom. The van der Waals surface area contributed by atoms with Gasteiger partial charge in [-0.1, -0.05) is 48.5 Å². The summed E-state index contributed by atoms with van der Waals surface area (Å²) in [5, 5.41) is 2.42. The monoisotopic (exact) mass is 428 g/mol. The van der Waals surface area contributed by atoms with Crippen LogP contribution in [0.3, 0.4) is 0 Å². The van der Waals surface area contributed by atoms with Gasteiger partial charge in [0.1, 0.15) is 5.84 Å². The zero-order chi connectivity index (χ0) is 22.1. The molecule has 7 rings (SSSR count). The number of nitrogens with zero attached hydrogens (tertiary/aromatic N) is 4. The van der Waals surface area contributed by atoms with Crippen LogP contribution in [0, 0.1) is 0 Å². The molecule has 0 saturated carbocycles. The average Bonchev–Trinajstić information content (AvgIpc) is 3.34. The number of fused-ring (bicyclic) bond motifs is 7. The van der Waals surface area contributed by atoms with Crippen molar-refractivity contribution in [3.8, 4) is 0 Å². The highest BCUT2D eigenvalue weighted by atomic mass is 16.2. The van der Waals surface area contributed by atoms with Gasteiger partial charge >= 0.3 is 0 Å². The molecule has 0 fully saturated rings. The Labute approximate surface area is 190 Å². The van der Waals surface area contributed by atoms with Crippen LogP contribution in [-0.4, -0.2) is 26.2 Å². The van der Waals surface area contributed by atoms with Crippen molar-refractivity contribution in [3.63, 3.8) is 0 Å². The Hall–Kier alpha value is -4.25. The number of amidine groups is 1. The zero-order valence-corrected chi connectivity index (χ0v) is 18.1. The SMILES string of the molecule is CCn1c2ccccc2c2cc(C3c4cccnc4N=C4c5ccccc5C(=O)N43)ccc21. The highest BCUT2D eigenvalue weighted by molar-refractivity contribution is 6.24. The van der Waals surface area contributed by atoms with Crippen LogP contribution in [0.5, 0.6) is 0 Å². The Bertz CT molecular complexity index is 1640. The van der Waals surface area contributed by atoms with Crippen LogP contribution >= 0.6 is 0 Å². The molecule has 0 radical (unpaired) electrons. The maximum atomic E-state index is 13.6. The van der Waals surface area contributed by atoms with E-state index in [2.05, 4.69) is 58.9 Å². The highest BCUT2D eigenvalue weighted by Crippen LogP contribution is 2.44. The standard InChI is InChI=1S/C28H20N4O/c1-2-31-23-12-6-5-8-18(23)22-16-17(13-14-24(22)31)25-21-11-7-15-29-26(21)30-27-19-9-3-4-10-20(19)28(33)32(25)27/h3-16,25H,2H2,1H3. The maximum Gasteiger partial charge on any atom is 0.261 e. The summed E-state index contributed by atoms with van der Waals surface area (Å²) >= 11 is 0. The van der Waals surface area contributed by atoms with Gasteiger partial charge < -0.3 is 4.57 Å². The third-order valence-corrected chi connectivity index (χ3v) is 6.86. The summed E-state index contributed by atoms with van der Waals surface area (Å²) in [7, 11) is 0. The Morgan fingerprint density at radius 2 is 1.64 bits per heavy atom. The number of rotatable bonds is 2. The molecule has 0 saturated heterocycles. The normalized spacial score (nSPS) is 16.6. The van der Waals surface area contributed by atoms with E-state index < -0.39 is 0 Å². The fourth-order valence-corrected chi connectivity index (χ4v) is 5.44. The molecule has 0 spiro atoms. The minimum Gasteiger partial charge on any atom is -0.341 e. The van der Waals surface area contributed by atoms with Crippen molar-refractivity contribution in [2.24, 2.45) is 4.99 Å². The van der Waals surface area contributed by atoms with Crippen LogP contribution < -0.4 is 0 Å². The number of hydrogen-bond donors (Lipinski definition) is 0. The van der Waals surface area contributed by atoms with Gasteiger partial charge in [-0.3, -0.25) is 9.69 Å². The number of aliphatic imine (C=N–C) groups is 1. The number of hydrogen-bond acceptors (Lipinski definition) is 3. The molecule has 2 aliphatic heterocycles. The van der Waals surface area contributed by atoms with Gasteiger partial charge in [0.25, 0.3) is 5.91 Å². The summed E-state index contributed by atoms with van der Waals surface area (Å²) in [5.74, 6) is 1.34. The number of carbonyl (C=O) groups excluding carboxylic acids is 1. The van der Waals surface area contributed by atoms with Crippen LogP contribution in [0.15, 0.2) is 90.1 Å². The second kappa shape index (κ2) is 6.62. The molecular formula is C28H20N4O. The van der Waals surface area contributed by atoms with Crippen LogP contribution in [0.2, 0.25) is 0 Å². The maximum absolute atomic E-state index is 13.6. The zero-order valence-electron chi connectivity index (χ0n) is 18.1. The van der Waals surface area contributed by atoms with Gasteiger partial charge in [-0.2, -0.15) is 0 Å². The summed E-state index contributed by atoms with van der Waals surface area (Å²) in [6, 6.07) is 26.5. The molecule has 158 valence electrons. The minimum absolute atomic E-state index is 0.0139. The van der Waals surface area contributed by atoms with Gasteiger partial charge in [0.05, 0.1) is 11.6 Å². The van der Waals surface area contributed by atoms with E-state index in [1.54, 1.807) is 6.20 Å². The first-order chi connectivity index (χ1) is 16.3. The van der Waals surface area contributed by atoms with E-state index in [-0.39, 0.29) is 11.9 Å². The van der Waals surface area contributed by atoms with E-state index in [0.29, 0.717) is 17.2 Å². The van der Waals surface area contributed by atoms with Gasteiger partial charge in [-0.05, 0) is 42.8 Å². The molecule has 1 amide bonds. The lowest BCUT2D eigenvalue weighted by Gasteiger charge is -2.33. The number of para-hydroxylation sites is 1. The first kappa shape index (κ1) is 18.3. The Kier molecular flexibility index (Phi) is 3.68. The second-order valence-electron chi connectivity index (χ2n) is 8.51. The van der Waals surface area contributed by atoms with Crippen LogP contribution in [0.4, 0.5) is 5.82 Å². The fraction of sp³-hybridized carbons (Fsp3) is 0.107. The molecule has 2 aliphatic rings. The molecule has 33 heavy (non-hydrogen) atoms. The summed E-state index contributed by atoms with van der Waals surface area (Å²) in [6.45, 7) is 3.07. The topological polar surface area (TPSA) is 50.5 Å². The number of aromatic nitrogens is 2. The molecule has 5 heteroatoms. The first-order valence-electron chi connectivity index (χ1n) is 11.2. The highest BCUT2D eigenvalue weighted by Gasteiger charge is 2.43. The summed E-state index contributed by atoms with van der Waals surface area (Å²) in [5.41, 5.74) is 6.00. The molecular weight excluding hydrogens is 408 g/mol. The average molecular weight is 428 g/mol. The van der Waals surface area contributed by atoms with Crippen LogP contribution in [0.25, 0.3) is 21.8 Å². The summed E-state index contributed by atoms with van der Waals surface area (Å²) in [6.07, 6.45) is 1.76. The van der Waals surface area contributed by atoms with Gasteiger partial charge in [0.15, 0.2) is 5.82 Å². The summed E-state index contributed by atoms with van der Waals surface area (Å²) < 4.78 is 2.34. The van der Waals surface area contributed by atoms with Gasteiger partial charge in [-0.15, -0.1) is 0 Å². The van der Waals surface area contributed by atoms with E-state index in [9.17, 15) is 4.79 Å². The number of aryl methyl sites for hydroxylation is 1. The molecule has 2 aromatic heterocycles. The molecule has 1 atom stereocenters. The fourth-order valence-electron chi connectivity index (χ4n) is 5.44. The quantitative estimate of drug-likeness (QED) is 0.354. The van der Waals surface area contributed by atoms with E-state index in [1.807, 2.05) is 41.3 Å². The molecule has 5 nitrogen and oxygen atoms in total. The van der Waals surface area contributed by atoms with Gasteiger partial charge in [0, 0.05) is 45.7 Å². The molecule has 1 unspecified atom stereocenters. The number of pyridine rings is 1. The molecule has 0 bridgehead atoms. The minimum atomic E-state index is -0.283. The van der Waals surface area contributed by atoms with Gasteiger partial charge in [0.2, 0.25) is 0 Å². The van der Waals surface area contributed by atoms with Crippen molar-refractivity contribution in [2.75, 3.05) is 0 Å². The first-order valence-corrected chi connectivity index (χ1v) is 11.2. The summed E-state index contributed by atoms with van der Waals surface area (Å²) in [4.78, 5) is 24.8. The second-order valence-corrected chi connectivity index (χ2v) is 8.51. The largest absolute Gasteiger partial charge is 0.341 e. The van der Waals surface area contributed by atoms with Crippen LogP contribution in [0.1, 0.15) is 40.0 Å². The van der Waals surface area contributed by atoms with Crippen molar-refractivity contribution >= 4 is 39.4 Å². The van der Waals surface area contributed by atoms with Crippen molar-refractivity contribution in [1.29, 1.82) is 0 Å². The third kappa shape index (κ3) is 2.39. The van der Waals surface area contributed by atoms with Crippen molar-refractivity contribution < 1.29 is 4.79 Å². The van der Waals surface area contributed by atoms with Crippen molar-refractivity contribution in [2.45, 2.75) is 19.5 Å². The van der Waals surface area contributed by atoms with E-state index >= 15 is 0 Å². The molecule has 0 N–H and O–H groups in total. The predicted octanol–water partition coefficient (Wildman–Crippen LogP) is 5.85. The number of benzene rings is 3. The molecule has 4 heterocycles. The third-order valence-electron chi connectivity index (χ3n) is 6.86. The van der Waals surface area contributed by atoms with E-state index in [4.69, 9.17) is 4.99 Å². The van der Waals surface area contributed by atoms with E-state index in [1.165, 1.54) is 21.8 Å².